The Hall–Kier alpha value is -1.29. The van der Waals surface area contributed by atoms with Gasteiger partial charge in [-0.3, -0.25) is 4.68 Å². The van der Waals surface area contributed by atoms with Crippen molar-refractivity contribution in [3.63, 3.8) is 0 Å². The highest BCUT2D eigenvalue weighted by Crippen LogP contribution is 2.12. The summed E-state index contributed by atoms with van der Waals surface area (Å²) in [5.41, 5.74) is 0. The maximum Gasteiger partial charge on any atom is 0.153 e. The van der Waals surface area contributed by atoms with Gasteiger partial charge in [-0.05, 0) is 11.4 Å². The van der Waals surface area contributed by atoms with Crippen LogP contribution >= 0.6 is 11.3 Å². The van der Waals surface area contributed by atoms with Gasteiger partial charge in [0.1, 0.15) is 0 Å². The van der Waals surface area contributed by atoms with Gasteiger partial charge in [0.05, 0.1) is 18.9 Å². The smallest absolute Gasteiger partial charge is 0.153 e. The van der Waals surface area contributed by atoms with Crippen LogP contribution in [0, 0.1) is 0 Å². The molecule has 0 spiro atoms. The van der Waals surface area contributed by atoms with Crippen LogP contribution in [0.4, 0.5) is 0 Å². The van der Waals surface area contributed by atoms with Crippen molar-refractivity contribution >= 4 is 11.3 Å². The van der Waals surface area contributed by atoms with E-state index in [0.29, 0.717) is 0 Å². The van der Waals surface area contributed by atoms with Gasteiger partial charge in [-0.2, -0.15) is 5.10 Å². The van der Waals surface area contributed by atoms with Crippen LogP contribution in [-0.4, -0.2) is 14.9 Å². The molecule has 1 N–H and O–H groups in total. The molecule has 0 fully saturated rings. The van der Waals surface area contributed by atoms with E-state index in [1.54, 1.807) is 22.2 Å². The lowest BCUT2D eigenvalue weighted by Crippen LogP contribution is -1.96. The second kappa shape index (κ2) is 2.98. The Morgan fingerprint density at radius 2 is 2.50 bits per heavy atom. The summed E-state index contributed by atoms with van der Waals surface area (Å²) in [5, 5.41) is 15.0. The molecule has 2 aromatic heterocycles. The van der Waals surface area contributed by atoms with Crippen molar-refractivity contribution in [2.75, 3.05) is 0 Å². The van der Waals surface area contributed by atoms with Gasteiger partial charge >= 0.3 is 0 Å². The summed E-state index contributed by atoms with van der Waals surface area (Å²) in [5.74, 6) is 0.214. The molecule has 62 valence electrons. The summed E-state index contributed by atoms with van der Waals surface area (Å²) in [6.07, 6.45) is 3.05. The molecule has 0 amide bonds. The molecule has 2 heterocycles. The van der Waals surface area contributed by atoms with Gasteiger partial charge in [-0.25, -0.2) is 0 Å². The largest absolute Gasteiger partial charge is 0.505 e. The molecule has 0 unspecified atom stereocenters. The molecule has 4 heteroatoms. The summed E-state index contributed by atoms with van der Waals surface area (Å²) >= 11 is 1.68. The molecule has 0 saturated heterocycles. The van der Waals surface area contributed by atoms with E-state index in [1.807, 2.05) is 17.5 Å². The first-order valence-electron chi connectivity index (χ1n) is 3.58. The Bertz CT molecular complexity index is 353. The first kappa shape index (κ1) is 7.36. The maximum atomic E-state index is 9.00. The fourth-order valence-corrected chi connectivity index (χ4v) is 1.70. The van der Waals surface area contributed by atoms with Crippen LogP contribution in [0.3, 0.4) is 0 Å². The fraction of sp³-hybridized carbons (Fsp3) is 0.125. The van der Waals surface area contributed by atoms with Crippen LogP contribution < -0.4 is 0 Å². The molecule has 2 aromatic rings. The van der Waals surface area contributed by atoms with E-state index in [2.05, 4.69) is 5.10 Å². The molecule has 0 aliphatic carbocycles. The standard InChI is InChI=1S/C8H8N2OS/c11-7-4-9-10(5-7)6-8-2-1-3-12-8/h1-5,11H,6H2. The average Bonchev–Trinajstić information content (AvgIpc) is 2.63. The van der Waals surface area contributed by atoms with E-state index in [9.17, 15) is 0 Å². The van der Waals surface area contributed by atoms with Crippen LogP contribution in [0.15, 0.2) is 29.9 Å². The number of aromatic nitrogens is 2. The third-order valence-corrected chi connectivity index (χ3v) is 2.38. The highest BCUT2D eigenvalue weighted by Gasteiger charge is 1.97. The van der Waals surface area contributed by atoms with Gasteiger partial charge in [0.25, 0.3) is 0 Å². The minimum Gasteiger partial charge on any atom is -0.505 e. The van der Waals surface area contributed by atoms with Gasteiger partial charge in [0.2, 0.25) is 0 Å². The van der Waals surface area contributed by atoms with Crippen LogP contribution in [0.2, 0.25) is 0 Å². The first-order chi connectivity index (χ1) is 5.84. The zero-order valence-corrected chi connectivity index (χ0v) is 7.16. The molecule has 0 aliphatic rings. The number of hydrogen-bond donors (Lipinski definition) is 1. The zero-order valence-electron chi connectivity index (χ0n) is 6.34. The van der Waals surface area contributed by atoms with Crippen LogP contribution in [0.1, 0.15) is 4.88 Å². The summed E-state index contributed by atoms with van der Waals surface area (Å²) in [4.78, 5) is 1.23. The summed E-state index contributed by atoms with van der Waals surface area (Å²) in [7, 11) is 0. The van der Waals surface area contributed by atoms with Gasteiger partial charge in [0, 0.05) is 4.88 Å². The Morgan fingerprint density at radius 1 is 1.58 bits per heavy atom. The second-order valence-corrected chi connectivity index (χ2v) is 3.51. The van der Waals surface area contributed by atoms with Gasteiger partial charge in [-0.1, -0.05) is 6.07 Å². The van der Waals surface area contributed by atoms with E-state index >= 15 is 0 Å². The molecule has 0 atom stereocenters. The fourth-order valence-electron chi connectivity index (χ4n) is 1.00. The quantitative estimate of drug-likeness (QED) is 0.763. The van der Waals surface area contributed by atoms with E-state index in [1.165, 1.54) is 11.1 Å². The van der Waals surface area contributed by atoms with Crippen molar-refractivity contribution in [1.82, 2.24) is 9.78 Å². The number of thiophene rings is 1. The molecule has 0 aromatic carbocycles. The van der Waals surface area contributed by atoms with Crippen molar-refractivity contribution in [3.05, 3.63) is 34.8 Å². The third-order valence-electron chi connectivity index (χ3n) is 1.52. The number of hydrogen-bond acceptors (Lipinski definition) is 3. The Labute approximate surface area is 73.9 Å². The average molecular weight is 180 g/mol. The number of rotatable bonds is 2. The molecule has 2 rings (SSSR count). The SMILES string of the molecule is Oc1cnn(Cc2cccs2)c1. The molecule has 0 radical (unpaired) electrons. The molecule has 3 nitrogen and oxygen atoms in total. The van der Waals surface area contributed by atoms with Gasteiger partial charge in [0.15, 0.2) is 5.75 Å². The lowest BCUT2D eigenvalue weighted by atomic mass is 10.5. The van der Waals surface area contributed by atoms with Crippen molar-refractivity contribution in [2.24, 2.45) is 0 Å². The van der Waals surface area contributed by atoms with Crippen LogP contribution in [0.5, 0.6) is 5.75 Å². The minimum atomic E-state index is 0.214. The highest BCUT2D eigenvalue weighted by molar-refractivity contribution is 7.09. The third kappa shape index (κ3) is 1.48. The van der Waals surface area contributed by atoms with Gasteiger partial charge < -0.3 is 5.11 Å². The second-order valence-electron chi connectivity index (χ2n) is 2.48. The molecule has 0 saturated carbocycles. The van der Waals surface area contributed by atoms with Crippen molar-refractivity contribution in [2.45, 2.75) is 6.54 Å². The van der Waals surface area contributed by atoms with E-state index < -0.39 is 0 Å². The molecular formula is C8H8N2OS. The van der Waals surface area contributed by atoms with Crippen molar-refractivity contribution in [1.29, 1.82) is 0 Å². The lowest BCUT2D eigenvalue weighted by molar-refractivity contribution is 0.474. The molecule has 0 bridgehead atoms. The van der Waals surface area contributed by atoms with E-state index in [-0.39, 0.29) is 5.75 Å². The number of aromatic hydroxyl groups is 1. The van der Waals surface area contributed by atoms with Crippen molar-refractivity contribution in [3.8, 4) is 5.75 Å². The topological polar surface area (TPSA) is 38.1 Å². The van der Waals surface area contributed by atoms with Gasteiger partial charge in [-0.15, -0.1) is 11.3 Å². The highest BCUT2D eigenvalue weighted by atomic mass is 32.1. The molecular weight excluding hydrogens is 172 g/mol. The van der Waals surface area contributed by atoms with E-state index in [4.69, 9.17) is 5.11 Å². The Kier molecular flexibility index (Phi) is 1.83. The first-order valence-corrected chi connectivity index (χ1v) is 4.46. The Balaban J connectivity index is 2.14. The van der Waals surface area contributed by atoms with Crippen LogP contribution in [-0.2, 0) is 6.54 Å². The Morgan fingerprint density at radius 3 is 3.08 bits per heavy atom. The van der Waals surface area contributed by atoms with E-state index in [0.717, 1.165) is 6.54 Å². The molecule has 12 heavy (non-hydrogen) atoms. The van der Waals surface area contributed by atoms with Crippen molar-refractivity contribution < 1.29 is 5.11 Å². The number of nitrogens with zero attached hydrogens (tertiary/aromatic N) is 2. The lowest BCUT2D eigenvalue weighted by Gasteiger charge is -1.95. The summed E-state index contributed by atoms with van der Waals surface area (Å²) in [6.45, 7) is 0.734. The maximum absolute atomic E-state index is 9.00. The summed E-state index contributed by atoms with van der Waals surface area (Å²) in [6, 6.07) is 4.05. The normalized spacial score (nSPS) is 10.3. The minimum absolute atomic E-state index is 0.214. The zero-order chi connectivity index (χ0) is 8.39. The monoisotopic (exact) mass is 180 g/mol. The predicted octanol–water partition coefficient (Wildman–Crippen LogP) is 1.70. The van der Waals surface area contributed by atoms with Crippen LogP contribution in [0.25, 0.3) is 0 Å². The molecule has 0 aliphatic heterocycles. The predicted molar refractivity (Wildman–Crippen MR) is 47.3 cm³/mol. The summed E-state index contributed by atoms with van der Waals surface area (Å²) < 4.78 is 1.71.